The molecule has 119 valence electrons. The van der Waals surface area contributed by atoms with Gasteiger partial charge in [0.2, 0.25) is 0 Å². The van der Waals surface area contributed by atoms with Crippen molar-refractivity contribution < 1.29 is 46.5 Å². The summed E-state index contributed by atoms with van der Waals surface area (Å²) in [4.78, 5) is 1.45. The third-order valence-corrected chi connectivity index (χ3v) is 7.03. The Kier molecular flexibility index (Phi) is 11.0. The summed E-state index contributed by atoms with van der Waals surface area (Å²) in [5.41, 5.74) is 2.82. The zero-order chi connectivity index (χ0) is 14.1. The van der Waals surface area contributed by atoms with Crippen molar-refractivity contribution in [1.29, 1.82) is 0 Å². The Hall–Kier alpha value is 0.561. The molecule has 0 heterocycles. The Morgan fingerprint density at radius 3 is 2.18 bits per heavy atom. The van der Waals surface area contributed by atoms with Crippen LogP contribution >= 0.6 is 11.2 Å². The van der Waals surface area contributed by atoms with Gasteiger partial charge in [0.15, 0.2) is 0 Å². The van der Waals surface area contributed by atoms with E-state index < -0.39 is 7.22 Å². The molecule has 1 aliphatic carbocycles. The number of allylic oxidation sites excluding steroid dienone is 4. The second kappa shape index (κ2) is 9.76. The average molecular weight is 406 g/mol. The molecule has 0 atom stereocenters. The summed E-state index contributed by atoms with van der Waals surface area (Å²) in [5.74, 6) is 0. The molecule has 5 heteroatoms. The van der Waals surface area contributed by atoms with Crippen LogP contribution in [-0.4, -0.2) is 7.22 Å². The first-order valence-electron chi connectivity index (χ1n) is 6.87. The van der Waals surface area contributed by atoms with Gasteiger partial charge in [0.25, 0.3) is 0 Å². The molecular formula is C17H23Cl2SSiTi. The maximum absolute atomic E-state index is 3.49. The molecule has 0 saturated carbocycles. The predicted molar refractivity (Wildman–Crippen MR) is 89.2 cm³/mol. The largest absolute Gasteiger partial charge is 3.00 e. The van der Waals surface area contributed by atoms with E-state index >= 15 is 0 Å². The summed E-state index contributed by atoms with van der Waals surface area (Å²) >= 11 is 2.09. The van der Waals surface area contributed by atoms with E-state index in [0.717, 1.165) is 6.42 Å². The van der Waals surface area contributed by atoms with E-state index in [4.69, 9.17) is 0 Å². The molecule has 2 rings (SSSR count). The smallest absolute Gasteiger partial charge is 1.00 e. The Bertz CT molecular complexity index is 534. The molecule has 0 saturated heterocycles. The maximum atomic E-state index is 3.49. The molecule has 0 aliphatic heterocycles. The molecular weight excluding hydrogens is 383 g/mol. The molecule has 0 spiro atoms. The van der Waals surface area contributed by atoms with E-state index in [1.54, 1.807) is 0 Å². The van der Waals surface area contributed by atoms with Crippen LogP contribution in [0, 0.1) is 6.08 Å². The molecule has 1 aliphatic rings. The van der Waals surface area contributed by atoms with Crippen molar-refractivity contribution in [3.05, 3.63) is 53.6 Å². The van der Waals surface area contributed by atoms with Crippen LogP contribution in [0.25, 0.3) is 0 Å². The molecule has 0 bridgehead atoms. The quantitative estimate of drug-likeness (QED) is 0.484. The van der Waals surface area contributed by atoms with Crippen LogP contribution in [0.1, 0.15) is 25.8 Å². The van der Waals surface area contributed by atoms with E-state index in [-0.39, 0.29) is 51.9 Å². The van der Waals surface area contributed by atoms with Gasteiger partial charge in [-0.05, 0) is 17.0 Å². The minimum Gasteiger partial charge on any atom is -1.00 e. The first-order chi connectivity index (χ1) is 8.81. The molecule has 22 heavy (non-hydrogen) atoms. The van der Waals surface area contributed by atoms with Gasteiger partial charge in [-0.25, -0.2) is 11.6 Å². The average Bonchev–Trinajstić information content (AvgIpc) is 2.81. The van der Waals surface area contributed by atoms with Crippen molar-refractivity contribution in [3.63, 3.8) is 0 Å². The zero-order valence-electron chi connectivity index (χ0n) is 13.8. The topological polar surface area (TPSA) is 0 Å². The van der Waals surface area contributed by atoms with Crippen molar-refractivity contribution in [2.75, 3.05) is 0 Å². The Morgan fingerprint density at radius 2 is 1.68 bits per heavy atom. The van der Waals surface area contributed by atoms with E-state index in [9.17, 15) is 0 Å². The van der Waals surface area contributed by atoms with Gasteiger partial charge in [-0.1, -0.05) is 51.7 Å². The first-order valence-corrected chi connectivity index (χ1v) is 11.9. The molecule has 0 amide bonds. The number of hydrogen-bond donors (Lipinski definition) is 0. The van der Waals surface area contributed by atoms with Gasteiger partial charge in [0.1, 0.15) is 7.22 Å². The van der Waals surface area contributed by atoms with E-state index in [0.29, 0.717) is 0 Å². The Balaban J connectivity index is 0. The number of halogens is 2. The first kappa shape index (κ1) is 24.8. The maximum Gasteiger partial charge on any atom is 3.00 e. The fraction of sp³-hybridized carbons (Fsp3) is 0.412. The van der Waals surface area contributed by atoms with Crippen LogP contribution in [0.3, 0.4) is 0 Å². The van der Waals surface area contributed by atoms with E-state index in [2.05, 4.69) is 87.2 Å². The minimum atomic E-state index is -1.18. The molecule has 1 aromatic carbocycles. The summed E-state index contributed by atoms with van der Waals surface area (Å²) in [6.45, 7) is 11.8. The summed E-state index contributed by atoms with van der Waals surface area (Å²) < 4.78 is 0. The van der Waals surface area contributed by atoms with Crippen LogP contribution in [0.5, 0.6) is 0 Å². The van der Waals surface area contributed by atoms with Crippen molar-refractivity contribution in [2.45, 2.75) is 50.2 Å². The second-order valence-corrected chi connectivity index (χ2v) is 15.7. The third kappa shape index (κ3) is 6.22. The predicted octanol–water partition coefficient (Wildman–Crippen LogP) is -0.414. The van der Waals surface area contributed by atoms with Crippen molar-refractivity contribution in [1.82, 2.24) is 0 Å². The van der Waals surface area contributed by atoms with Crippen molar-refractivity contribution in [3.8, 4) is 0 Å². The van der Waals surface area contributed by atoms with E-state index in [1.807, 2.05) is 0 Å². The van der Waals surface area contributed by atoms with Crippen LogP contribution in [-0.2, 0) is 27.1 Å². The fourth-order valence-corrected chi connectivity index (χ4v) is 6.13. The van der Waals surface area contributed by atoms with E-state index in [1.165, 1.54) is 16.0 Å². The van der Waals surface area contributed by atoms with Gasteiger partial charge < -0.3 is 24.8 Å². The summed E-state index contributed by atoms with van der Waals surface area (Å²) in [7, 11) is -1.18. The van der Waals surface area contributed by atoms with Crippen molar-refractivity contribution in [2.24, 2.45) is 0 Å². The summed E-state index contributed by atoms with van der Waals surface area (Å²) in [6, 6.07) is 8.87. The number of rotatable bonds is 4. The van der Waals surface area contributed by atoms with Gasteiger partial charge in [-0.2, -0.15) is 17.3 Å². The normalized spacial score (nSPS) is 13.6. The van der Waals surface area contributed by atoms with Gasteiger partial charge >= 0.3 is 21.7 Å². The van der Waals surface area contributed by atoms with Gasteiger partial charge in [-0.15, -0.1) is 6.42 Å². The number of hydrogen-bond acceptors (Lipinski definition) is 1. The molecule has 1 radical (unpaired) electrons. The molecule has 0 N–H and O–H groups in total. The standard InChI is InChI=1S/C17H23SSi.2ClH.Ti/c1-17(2,14-10-6-7-11-14)15-12-8-9-13-16(15)18-19(3,4)5;;;/h6,8-10,12-13H,7H2,1-5H3;2*1H;/q-1;;;+3/p-2. The molecule has 0 nitrogen and oxygen atoms in total. The minimum absolute atomic E-state index is 0. The monoisotopic (exact) mass is 405 g/mol. The number of benzene rings is 1. The van der Waals surface area contributed by atoms with Crippen LogP contribution in [0.15, 0.2) is 46.9 Å². The fourth-order valence-electron chi connectivity index (χ4n) is 2.38. The van der Waals surface area contributed by atoms with Gasteiger partial charge in [0.05, 0.1) is 0 Å². The molecule has 0 fully saturated rings. The van der Waals surface area contributed by atoms with Gasteiger partial charge in [-0.3, -0.25) is 6.08 Å². The molecule has 1 aromatic rings. The SMILES string of the molecule is CC(C)(C1=[C-]CC=C1)c1ccccc1S[Si](C)(C)C.[Cl-].[Cl-].[Ti+3]. The van der Waals surface area contributed by atoms with Crippen molar-refractivity contribution >= 4 is 18.4 Å². The molecule has 0 unspecified atom stereocenters. The molecule has 0 aromatic heterocycles. The van der Waals surface area contributed by atoms with Gasteiger partial charge in [0, 0.05) is 4.90 Å². The zero-order valence-corrected chi connectivity index (χ0v) is 18.7. The Labute approximate surface area is 168 Å². The second-order valence-electron chi connectivity index (χ2n) is 6.53. The van der Waals surface area contributed by atoms with Crippen LogP contribution in [0.2, 0.25) is 19.6 Å². The van der Waals surface area contributed by atoms with Crippen LogP contribution in [0.4, 0.5) is 0 Å². The summed E-state index contributed by atoms with van der Waals surface area (Å²) in [6.07, 6.45) is 8.89. The third-order valence-electron chi connectivity index (χ3n) is 3.34. The van der Waals surface area contributed by atoms with Crippen LogP contribution < -0.4 is 24.8 Å². The summed E-state index contributed by atoms with van der Waals surface area (Å²) in [5, 5.41) is 0. The Morgan fingerprint density at radius 1 is 1.09 bits per heavy atom.